The maximum atomic E-state index is 12.3. The van der Waals surface area contributed by atoms with Crippen molar-refractivity contribution in [2.45, 2.75) is 39.2 Å². The highest BCUT2D eigenvalue weighted by molar-refractivity contribution is 5.93. The van der Waals surface area contributed by atoms with Gasteiger partial charge in [-0.05, 0) is 37.8 Å². The van der Waals surface area contributed by atoms with Crippen molar-refractivity contribution in [2.75, 3.05) is 6.54 Å². The number of nitrogens with one attached hydrogen (secondary N) is 1. The van der Waals surface area contributed by atoms with E-state index in [9.17, 15) is 14.7 Å². The van der Waals surface area contributed by atoms with E-state index in [1.807, 2.05) is 0 Å². The zero-order chi connectivity index (χ0) is 17.0. The largest absolute Gasteiger partial charge is 0.388 e. The van der Waals surface area contributed by atoms with Crippen LogP contribution in [0, 0.1) is 5.92 Å². The number of hydrogen-bond acceptors (Lipinski definition) is 4. The monoisotopic (exact) mass is 317 g/mol. The van der Waals surface area contributed by atoms with Crippen molar-refractivity contribution in [3.8, 4) is 0 Å². The number of carbonyl (C=O) groups is 1. The van der Waals surface area contributed by atoms with Gasteiger partial charge in [0, 0.05) is 18.9 Å². The highest BCUT2D eigenvalue weighted by Gasteiger charge is 2.22. The van der Waals surface area contributed by atoms with Crippen LogP contribution in [-0.4, -0.2) is 32.5 Å². The number of pyridine rings is 1. The topological polar surface area (TPSA) is 83.7 Å². The summed E-state index contributed by atoms with van der Waals surface area (Å²) < 4.78 is 1.33. The molecule has 6 nitrogen and oxygen atoms in total. The molecular weight excluding hydrogens is 294 g/mol. The summed E-state index contributed by atoms with van der Waals surface area (Å²) >= 11 is 0. The standard InChI is InChI=1S/C17H23N3O3/c1-12(2)7-8-17(3,23)11-19-15(21)13-10-18-14-6-4-5-9-20(14)16(13)22/h4-6,9-10,12,23H,7-8,11H2,1-3H3,(H,19,21). The average molecular weight is 317 g/mol. The third-order valence-corrected chi connectivity index (χ3v) is 3.75. The summed E-state index contributed by atoms with van der Waals surface area (Å²) in [7, 11) is 0. The van der Waals surface area contributed by atoms with E-state index in [2.05, 4.69) is 24.1 Å². The van der Waals surface area contributed by atoms with Gasteiger partial charge in [-0.3, -0.25) is 14.0 Å². The lowest BCUT2D eigenvalue weighted by molar-refractivity contribution is 0.0429. The smallest absolute Gasteiger partial charge is 0.270 e. The third kappa shape index (κ3) is 4.39. The summed E-state index contributed by atoms with van der Waals surface area (Å²) in [5.74, 6) is -0.0444. The van der Waals surface area contributed by atoms with Crippen LogP contribution in [0.3, 0.4) is 0 Å². The summed E-state index contributed by atoms with van der Waals surface area (Å²) in [6.45, 7) is 5.93. The molecule has 0 aromatic carbocycles. The molecule has 23 heavy (non-hydrogen) atoms. The van der Waals surface area contributed by atoms with Gasteiger partial charge in [0.1, 0.15) is 11.2 Å². The van der Waals surface area contributed by atoms with E-state index >= 15 is 0 Å². The predicted octanol–water partition coefficient (Wildman–Crippen LogP) is 1.61. The second kappa shape index (κ2) is 6.91. The molecule has 2 rings (SSSR count). The summed E-state index contributed by atoms with van der Waals surface area (Å²) in [5, 5.41) is 12.9. The van der Waals surface area contributed by atoms with Gasteiger partial charge < -0.3 is 10.4 Å². The second-order valence-corrected chi connectivity index (χ2v) is 6.52. The van der Waals surface area contributed by atoms with E-state index in [4.69, 9.17) is 0 Å². The van der Waals surface area contributed by atoms with Crippen molar-refractivity contribution in [2.24, 2.45) is 5.92 Å². The average Bonchev–Trinajstić information content (AvgIpc) is 2.52. The predicted molar refractivity (Wildman–Crippen MR) is 88.5 cm³/mol. The Morgan fingerprint density at radius 1 is 1.43 bits per heavy atom. The van der Waals surface area contributed by atoms with Gasteiger partial charge in [0.25, 0.3) is 11.5 Å². The zero-order valence-electron chi connectivity index (χ0n) is 13.7. The molecular formula is C17H23N3O3. The molecule has 0 saturated carbocycles. The normalized spacial score (nSPS) is 14.0. The molecule has 1 atom stereocenters. The van der Waals surface area contributed by atoms with Crippen LogP contribution in [0.15, 0.2) is 35.4 Å². The second-order valence-electron chi connectivity index (χ2n) is 6.52. The van der Waals surface area contributed by atoms with Gasteiger partial charge >= 0.3 is 0 Å². The van der Waals surface area contributed by atoms with Crippen LogP contribution in [0.4, 0.5) is 0 Å². The molecule has 0 aliphatic rings. The first-order chi connectivity index (χ1) is 10.8. The van der Waals surface area contributed by atoms with E-state index in [0.717, 1.165) is 6.42 Å². The van der Waals surface area contributed by atoms with Crippen LogP contribution in [0.2, 0.25) is 0 Å². The molecule has 2 N–H and O–H groups in total. The Kier molecular flexibility index (Phi) is 5.15. The minimum Gasteiger partial charge on any atom is -0.388 e. The van der Waals surface area contributed by atoms with Gasteiger partial charge in [0.15, 0.2) is 0 Å². The van der Waals surface area contributed by atoms with Crippen LogP contribution in [0.25, 0.3) is 5.65 Å². The van der Waals surface area contributed by atoms with Crippen LogP contribution >= 0.6 is 0 Å². The fourth-order valence-corrected chi connectivity index (χ4v) is 2.24. The van der Waals surface area contributed by atoms with E-state index in [0.29, 0.717) is 18.0 Å². The van der Waals surface area contributed by atoms with E-state index < -0.39 is 17.1 Å². The Morgan fingerprint density at radius 2 is 2.17 bits per heavy atom. The molecule has 0 aliphatic carbocycles. The van der Waals surface area contributed by atoms with Gasteiger partial charge in [0.05, 0.1) is 5.60 Å². The van der Waals surface area contributed by atoms with Gasteiger partial charge in [-0.15, -0.1) is 0 Å². The number of aromatic nitrogens is 2. The SMILES string of the molecule is CC(C)CCC(C)(O)CNC(=O)c1cnc2ccccn2c1=O. The number of hydrogen-bond donors (Lipinski definition) is 2. The molecule has 1 amide bonds. The molecule has 0 bridgehead atoms. The molecule has 0 radical (unpaired) electrons. The van der Waals surface area contributed by atoms with E-state index in [1.165, 1.54) is 10.6 Å². The summed E-state index contributed by atoms with van der Waals surface area (Å²) in [6.07, 6.45) is 4.29. The maximum Gasteiger partial charge on any atom is 0.270 e. The third-order valence-electron chi connectivity index (χ3n) is 3.75. The van der Waals surface area contributed by atoms with Gasteiger partial charge in [-0.2, -0.15) is 0 Å². The molecule has 124 valence electrons. The van der Waals surface area contributed by atoms with Crippen LogP contribution in [0.1, 0.15) is 44.0 Å². The first kappa shape index (κ1) is 17.1. The fourth-order valence-electron chi connectivity index (χ4n) is 2.24. The molecule has 1 unspecified atom stereocenters. The molecule has 2 aromatic heterocycles. The number of nitrogens with zero attached hydrogens (tertiary/aromatic N) is 2. The molecule has 0 fully saturated rings. The minimum absolute atomic E-state index is 0.0339. The van der Waals surface area contributed by atoms with Crippen molar-refractivity contribution in [1.29, 1.82) is 0 Å². The number of fused-ring (bicyclic) bond motifs is 1. The van der Waals surface area contributed by atoms with Gasteiger partial charge in [0.2, 0.25) is 0 Å². The molecule has 0 aliphatic heterocycles. The van der Waals surface area contributed by atoms with Gasteiger partial charge in [-0.25, -0.2) is 4.98 Å². The molecule has 0 saturated heterocycles. The van der Waals surface area contributed by atoms with Gasteiger partial charge in [-0.1, -0.05) is 19.9 Å². The molecule has 2 aromatic rings. The van der Waals surface area contributed by atoms with Crippen molar-refractivity contribution in [1.82, 2.24) is 14.7 Å². The van der Waals surface area contributed by atoms with Crippen molar-refractivity contribution in [3.63, 3.8) is 0 Å². The Labute approximate surface area is 135 Å². The summed E-state index contributed by atoms with van der Waals surface area (Å²) in [6, 6.07) is 5.17. The van der Waals surface area contributed by atoms with Crippen molar-refractivity contribution >= 4 is 11.6 Å². The lowest BCUT2D eigenvalue weighted by Crippen LogP contribution is -2.42. The lowest BCUT2D eigenvalue weighted by atomic mass is 9.95. The molecule has 6 heteroatoms. The number of amides is 1. The fraction of sp³-hybridized carbons (Fsp3) is 0.471. The van der Waals surface area contributed by atoms with E-state index in [1.54, 1.807) is 31.3 Å². The van der Waals surface area contributed by atoms with Crippen molar-refractivity contribution < 1.29 is 9.90 Å². The highest BCUT2D eigenvalue weighted by atomic mass is 16.3. The highest BCUT2D eigenvalue weighted by Crippen LogP contribution is 2.15. The molecule has 0 spiro atoms. The van der Waals surface area contributed by atoms with Crippen molar-refractivity contribution in [3.05, 3.63) is 46.5 Å². The Bertz CT molecular complexity index is 750. The number of rotatable bonds is 6. The lowest BCUT2D eigenvalue weighted by Gasteiger charge is -2.24. The Morgan fingerprint density at radius 3 is 2.87 bits per heavy atom. The van der Waals surface area contributed by atoms with Crippen LogP contribution in [-0.2, 0) is 0 Å². The van der Waals surface area contributed by atoms with E-state index in [-0.39, 0.29) is 12.1 Å². The zero-order valence-corrected chi connectivity index (χ0v) is 13.7. The quantitative estimate of drug-likeness (QED) is 0.848. The Hall–Kier alpha value is -2.21. The van der Waals surface area contributed by atoms with Crippen LogP contribution < -0.4 is 10.9 Å². The first-order valence-electron chi connectivity index (χ1n) is 7.77. The summed E-state index contributed by atoms with van der Waals surface area (Å²) in [4.78, 5) is 28.6. The summed E-state index contributed by atoms with van der Waals surface area (Å²) in [5.41, 5.74) is -0.971. The Balaban J connectivity index is 2.09. The molecule has 2 heterocycles. The van der Waals surface area contributed by atoms with Crippen LogP contribution in [0.5, 0.6) is 0 Å². The number of aliphatic hydroxyl groups is 1. The first-order valence-corrected chi connectivity index (χ1v) is 7.77. The number of carbonyl (C=O) groups excluding carboxylic acids is 1. The maximum absolute atomic E-state index is 12.3. The minimum atomic E-state index is -1.000.